The van der Waals surface area contributed by atoms with Crippen LogP contribution in [0.1, 0.15) is 220 Å². The van der Waals surface area contributed by atoms with Gasteiger partial charge in [-0.05, 0) is 70.6 Å². The van der Waals surface area contributed by atoms with E-state index in [1.54, 1.807) is 0 Å². The fraction of sp³-hybridized carbons (Fsp3) is 0.661. The molecular formula is C56H92O6. The normalized spacial score (nSPS) is 12.9. The van der Waals surface area contributed by atoms with Crippen LogP contribution < -0.4 is 0 Å². The highest BCUT2D eigenvalue weighted by Crippen LogP contribution is 2.15. The summed E-state index contributed by atoms with van der Waals surface area (Å²) in [4.78, 5) is 37.9. The minimum Gasteiger partial charge on any atom is -0.462 e. The van der Waals surface area contributed by atoms with Crippen molar-refractivity contribution in [2.75, 3.05) is 13.2 Å². The van der Waals surface area contributed by atoms with E-state index in [0.29, 0.717) is 19.3 Å². The van der Waals surface area contributed by atoms with Crippen LogP contribution in [0, 0.1) is 0 Å². The predicted molar refractivity (Wildman–Crippen MR) is 265 cm³/mol. The monoisotopic (exact) mass is 861 g/mol. The van der Waals surface area contributed by atoms with Crippen molar-refractivity contribution in [3.63, 3.8) is 0 Å². The summed E-state index contributed by atoms with van der Waals surface area (Å²) in [5.74, 6) is -0.992. The van der Waals surface area contributed by atoms with Gasteiger partial charge in [-0.3, -0.25) is 14.4 Å². The van der Waals surface area contributed by atoms with Gasteiger partial charge in [-0.25, -0.2) is 0 Å². The SMILES string of the molecule is CC\C=C/C=C\C=C/C=C\C=C/CCCCCC(=O)OC(COC(=O)CCCC/C=C\C/C=C\C/C=C\CC)COC(=O)CCCCCCCCCCCCCCCCCCC. The third kappa shape index (κ3) is 47.4. The molecule has 0 radical (unpaired) electrons. The van der Waals surface area contributed by atoms with Crippen molar-refractivity contribution in [1.29, 1.82) is 0 Å². The largest absolute Gasteiger partial charge is 0.462 e. The van der Waals surface area contributed by atoms with E-state index in [0.717, 1.165) is 83.5 Å². The molecule has 0 aliphatic carbocycles. The Morgan fingerprint density at radius 3 is 1.21 bits per heavy atom. The second-order valence-corrected chi connectivity index (χ2v) is 16.4. The van der Waals surface area contributed by atoms with Gasteiger partial charge in [0.1, 0.15) is 13.2 Å². The number of carbonyl (C=O) groups is 3. The summed E-state index contributed by atoms with van der Waals surface area (Å²) in [6, 6.07) is 0. The van der Waals surface area contributed by atoms with Crippen LogP contribution in [-0.2, 0) is 28.6 Å². The fourth-order valence-corrected chi connectivity index (χ4v) is 6.71. The van der Waals surface area contributed by atoms with Gasteiger partial charge in [-0.15, -0.1) is 0 Å². The van der Waals surface area contributed by atoms with Crippen molar-refractivity contribution in [3.8, 4) is 0 Å². The summed E-state index contributed by atoms with van der Waals surface area (Å²) in [6.07, 6.45) is 65.4. The zero-order chi connectivity index (χ0) is 45.1. The van der Waals surface area contributed by atoms with Crippen LogP contribution in [0.25, 0.3) is 0 Å². The maximum atomic E-state index is 12.8. The molecule has 62 heavy (non-hydrogen) atoms. The fourth-order valence-electron chi connectivity index (χ4n) is 6.71. The Morgan fingerprint density at radius 2 is 0.710 bits per heavy atom. The van der Waals surface area contributed by atoms with Gasteiger partial charge in [-0.2, -0.15) is 0 Å². The van der Waals surface area contributed by atoms with Crippen LogP contribution >= 0.6 is 0 Å². The van der Waals surface area contributed by atoms with E-state index < -0.39 is 6.10 Å². The quantitative estimate of drug-likeness (QED) is 0.0200. The highest BCUT2D eigenvalue weighted by atomic mass is 16.6. The molecule has 0 N–H and O–H groups in total. The Bertz CT molecular complexity index is 1260. The maximum absolute atomic E-state index is 12.8. The molecule has 352 valence electrons. The first-order valence-corrected chi connectivity index (χ1v) is 25.3. The Balaban J connectivity index is 4.48. The number of hydrogen-bond donors (Lipinski definition) is 0. The molecule has 0 aromatic rings. The van der Waals surface area contributed by atoms with Crippen LogP contribution in [0.4, 0.5) is 0 Å². The second-order valence-electron chi connectivity index (χ2n) is 16.4. The first kappa shape index (κ1) is 58.3. The van der Waals surface area contributed by atoms with Gasteiger partial charge in [0.15, 0.2) is 6.10 Å². The van der Waals surface area contributed by atoms with E-state index >= 15 is 0 Å². The molecular weight excluding hydrogens is 769 g/mol. The van der Waals surface area contributed by atoms with Crippen molar-refractivity contribution in [2.45, 2.75) is 226 Å². The molecule has 1 unspecified atom stereocenters. The molecule has 6 heteroatoms. The molecule has 0 aliphatic heterocycles. The molecule has 0 aromatic carbocycles. The number of carbonyl (C=O) groups excluding carboxylic acids is 3. The molecule has 1 atom stereocenters. The highest BCUT2D eigenvalue weighted by molar-refractivity contribution is 5.71. The summed E-state index contributed by atoms with van der Waals surface area (Å²) in [5, 5.41) is 0. The van der Waals surface area contributed by atoms with Crippen LogP contribution in [-0.4, -0.2) is 37.2 Å². The third-order valence-electron chi connectivity index (χ3n) is 10.5. The number of esters is 3. The van der Waals surface area contributed by atoms with Gasteiger partial charge in [0.2, 0.25) is 0 Å². The van der Waals surface area contributed by atoms with Gasteiger partial charge in [-0.1, -0.05) is 227 Å². The number of ether oxygens (including phenoxy) is 3. The van der Waals surface area contributed by atoms with E-state index in [1.807, 2.05) is 48.6 Å². The first-order chi connectivity index (χ1) is 30.5. The van der Waals surface area contributed by atoms with E-state index in [-0.39, 0.29) is 37.5 Å². The van der Waals surface area contributed by atoms with Crippen LogP contribution in [0.15, 0.2) is 97.2 Å². The van der Waals surface area contributed by atoms with Crippen molar-refractivity contribution in [1.82, 2.24) is 0 Å². The van der Waals surface area contributed by atoms with Crippen molar-refractivity contribution < 1.29 is 28.6 Å². The van der Waals surface area contributed by atoms with Gasteiger partial charge in [0.05, 0.1) is 0 Å². The Morgan fingerprint density at radius 1 is 0.355 bits per heavy atom. The van der Waals surface area contributed by atoms with E-state index in [2.05, 4.69) is 69.4 Å². The van der Waals surface area contributed by atoms with Gasteiger partial charge in [0.25, 0.3) is 0 Å². The molecule has 0 heterocycles. The molecule has 0 amide bonds. The van der Waals surface area contributed by atoms with Crippen molar-refractivity contribution in [2.24, 2.45) is 0 Å². The van der Waals surface area contributed by atoms with Crippen molar-refractivity contribution in [3.05, 3.63) is 97.2 Å². The van der Waals surface area contributed by atoms with Crippen LogP contribution in [0.3, 0.4) is 0 Å². The molecule has 0 fully saturated rings. The lowest BCUT2D eigenvalue weighted by Gasteiger charge is -2.18. The lowest BCUT2D eigenvalue weighted by molar-refractivity contribution is -0.167. The van der Waals surface area contributed by atoms with E-state index in [4.69, 9.17) is 14.2 Å². The Labute approximate surface area is 381 Å². The molecule has 0 rings (SSSR count). The smallest absolute Gasteiger partial charge is 0.306 e. The lowest BCUT2D eigenvalue weighted by atomic mass is 10.0. The van der Waals surface area contributed by atoms with Crippen LogP contribution in [0.2, 0.25) is 0 Å². The molecule has 0 bridgehead atoms. The summed E-state index contributed by atoms with van der Waals surface area (Å²) < 4.78 is 16.7. The summed E-state index contributed by atoms with van der Waals surface area (Å²) in [6.45, 7) is 6.30. The first-order valence-electron chi connectivity index (χ1n) is 25.3. The van der Waals surface area contributed by atoms with Crippen LogP contribution in [0.5, 0.6) is 0 Å². The number of hydrogen-bond acceptors (Lipinski definition) is 6. The Hall–Kier alpha value is -3.67. The van der Waals surface area contributed by atoms with E-state index in [1.165, 1.54) is 89.9 Å². The average molecular weight is 861 g/mol. The molecule has 0 aromatic heterocycles. The third-order valence-corrected chi connectivity index (χ3v) is 10.5. The molecule has 0 saturated carbocycles. The Kier molecular flexibility index (Phi) is 47.0. The predicted octanol–water partition coefficient (Wildman–Crippen LogP) is 16.6. The molecule has 0 aliphatic rings. The highest BCUT2D eigenvalue weighted by Gasteiger charge is 2.19. The standard InChI is InChI=1S/C56H92O6/c1-4-7-10-13-16-19-22-25-27-28-30-31-34-37-40-43-46-49-55(58)61-52-53(51-60-54(57)48-45-42-39-36-33-24-21-18-15-12-9-6-3)62-56(59)50-47-44-41-38-35-32-29-26-23-20-17-14-11-8-5-2/h8-9,11-12,14,17-18,20-21,23,26,29,32-33,35-36,53H,4-7,10,13,15-16,19,22,24-25,27-28,30-31,34,37-52H2,1-3H3/b11-8-,12-9-,17-14-,21-18-,23-20-,29-26-,35-32-,36-33-. The summed E-state index contributed by atoms with van der Waals surface area (Å²) >= 11 is 0. The minimum absolute atomic E-state index is 0.107. The number of allylic oxidation sites excluding steroid dienone is 16. The van der Waals surface area contributed by atoms with Gasteiger partial charge < -0.3 is 14.2 Å². The molecule has 0 saturated heterocycles. The van der Waals surface area contributed by atoms with Gasteiger partial charge in [0, 0.05) is 19.3 Å². The number of unbranched alkanes of at least 4 members (excludes halogenated alkanes) is 21. The topological polar surface area (TPSA) is 78.9 Å². The van der Waals surface area contributed by atoms with E-state index in [9.17, 15) is 14.4 Å². The average Bonchev–Trinajstić information content (AvgIpc) is 3.27. The second kappa shape index (κ2) is 50.0. The minimum atomic E-state index is -0.813. The maximum Gasteiger partial charge on any atom is 0.306 e. The summed E-state index contributed by atoms with van der Waals surface area (Å²) in [7, 11) is 0. The number of rotatable bonds is 44. The lowest BCUT2D eigenvalue weighted by Crippen LogP contribution is -2.30. The molecule has 0 spiro atoms. The molecule has 6 nitrogen and oxygen atoms in total. The zero-order valence-corrected chi connectivity index (χ0v) is 40.1. The summed E-state index contributed by atoms with van der Waals surface area (Å²) in [5.41, 5.74) is 0. The zero-order valence-electron chi connectivity index (χ0n) is 40.1. The van der Waals surface area contributed by atoms with Crippen molar-refractivity contribution >= 4 is 17.9 Å². The van der Waals surface area contributed by atoms with Gasteiger partial charge >= 0.3 is 17.9 Å².